The van der Waals surface area contributed by atoms with E-state index >= 15 is 0 Å². The topological polar surface area (TPSA) is 60.7 Å². The molecule has 1 aliphatic heterocycles. The Kier molecular flexibility index (Phi) is 4.33. The van der Waals surface area contributed by atoms with Crippen LogP contribution in [0.25, 0.3) is 16.9 Å². The number of fused-ring (bicyclic) bond motifs is 1. The molecule has 0 bridgehead atoms. The van der Waals surface area contributed by atoms with Crippen LogP contribution in [-0.2, 0) is 9.47 Å². The second-order valence-electron chi connectivity index (χ2n) is 5.89. The summed E-state index contributed by atoms with van der Waals surface area (Å²) in [6.45, 7) is 3.69. The normalized spacial score (nSPS) is 20.2. The lowest BCUT2D eigenvalue weighted by Gasteiger charge is -2.20. The number of aromatic nitrogens is 3. The van der Waals surface area contributed by atoms with Crippen molar-refractivity contribution in [3.05, 3.63) is 48.4 Å². The summed E-state index contributed by atoms with van der Waals surface area (Å²) >= 11 is 0. The maximum atomic E-state index is 14.2. The monoisotopic (exact) mass is 342 g/mol. The lowest BCUT2D eigenvalue weighted by Crippen LogP contribution is -2.35. The molecule has 4 rings (SSSR count). The molecule has 1 aromatic carbocycles. The molecule has 0 unspecified atom stereocenters. The number of halogens is 1. The van der Waals surface area contributed by atoms with Crippen LogP contribution in [0, 0.1) is 5.82 Å². The Hall–Kier alpha value is -2.51. The second kappa shape index (κ2) is 6.78. The summed E-state index contributed by atoms with van der Waals surface area (Å²) in [5.74, 6) is 0.426. The molecule has 1 N–H and O–H groups in total. The van der Waals surface area contributed by atoms with Gasteiger partial charge in [0.2, 0.25) is 0 Å². The molecule has 1 aliphatic rings. The van der Waals surface area contributed by atoms with Crippen molar-refractivity contribution in [2.75, 3.05) is 25.1 Å². The third-order valence-corrected chi connectivity index (χ3v) is 4.25. The summed E-state index contributed by atoms with van der Waals surface area (Å²) in [5, 5.41) is 7.73. The molecule has 1 saturated heterocycles. The van der Waals surface area contributed by atoms with E-state index < -0.39 is 0 Å². The smallest absolute Gasteiger partial charge is 0.157 e. The molecular formula is C18H19FN4O2. The first-order valence-corrected chi connectivity index (χ1v) is 8.32. The van der Waals surface area contributed by atoms with E-state index in [9.17, 15) is 4.39 Å². The molecule has 130 valence electrons. The van der Waals surface area contributed by atoms with E-state index in [1.165, 1.54) is 6.07 Å². The minimum Gasteiger partial charge on any atom is -0.376 e. The molecule has 7 heteroatoms. The molecule has 25 heavy (non-hydrogen) atoms. The molecule has 2 atom stereocenters. The Bertz CT molecular complexity index is 882. The lowest BCUT2D eigenvalue weighted by molar-refractivity contribution is 0.0478. The van der Waals surface area contributed by atoms with Crippen LogP contribution in [0.5, 0.6) is 0 Å². The first-order valence-electron chi connectivity index (χ1n) is 8.32. The van der Waals surface area contributed by atoms with E-state index in [1.807, 2.05) is 6.92 Å². The number of benzene rings is 1. The van der Waals surface area contributed by atoms with Gasteiger partial charge in [0.05, 0.1) is 31.1 Å². The predicted octanol–water partition coefficient (Wildman–Crippen LogP) is 2.75. The molecule has 1 fully saturated rings. The summed E-state index contributed by atoms with van der Waals surface area (Å²) < 4.78 is 27.1. The van der Waals surface area contributed by atoms with E-state index in [1.54, 1.807) is 41.0 Å². The van der Waals surface area contributed by atoms with E-state index in [4.69, 9.17) is 9.47 Å². The third kappa shape index (κ3) is 3.08. The van der Waals surface area contributed by atoms with Crippen molar-refractivity contribution in [3.8, 4) is 11.3 Å². The van der Waals surface area contributed by atoms with Gasteiger partial charge in [-0.2, -0.15) is 9.61 Å². The Labute approximate surface area is 144 Å². The van der Waals surface area contributed by atoms with Crippen LogP contribution < -0.4 is 5.32 Å². The minimum absolute atomic E-state index is 0.00298. The van der Waals surface area contributed by atoms with Gasteiger partial charge in [0, 0.05) is 24.3 Å². The molecule has 0 aliphatic carbocycles. The van der Waals surface area contributed by atoms with Crippen LogP contribution in [0.2, 0.25) is 0 Å². The Morgan fingerprint density at radius 3 is 3.04 bits per heavy atom. The van der Waals surface area contributed by atoms with E-state index in [2.05, 4.69) is 15.4 Å². The largest absolute Gasteiger partial charge is 0.376 e. The van der Waals surface area contributed by atoms with Crippen molar-refractivity contribution in [1.29, 1.82) is 0 Å². The molecule has 2 aromatic heterocycles. The summed E-state index contributed by atoms with van der Waals surface area (Å²) in [5.41, 5.74) is 1.66. The Morgan fingerprint density at radius 2 is 2.20 bits per heavy atom. The van der Waals surface area contributed by atoms with Gasteiger partial charge in [0.1, 0.15) is 17.7 Å². The van der Waals surface area contributed by atoms with Gasteiger partial charge in [-0.3, -0.25) is 0 Å². The molecule has 0 saturated carbocycles. The number of hydrogen-bond acceptors (Lipinski definition) is 5. The van der Waals surface area contributed by atoms with Gasteiger partial charge in [0.15, 0.2) is 5.65 Å². The predicted molar refractivity (Wildman–Crippen MR) is 92.0 cm³/mol. The summed E-state index contributed by atoms with van der Waals surface area (Å²) in [7, 11) is 0. The standard InChI is InChI=1S/C18H19FN4O2/c1-2-25-16-11-24-10-15(16)22-18-9-14(12-5-3-4-6-13(12)19)21-17-7-8-20-23(17)18/h3-9,15-16,22H,2,10-11H2,1H3/t15-,16-/m1/s1. The number of ether oxygens (including phenoxy) is 2. The van der Waals surface area contributed by atoms with Gasteiger partial charge in [-0.15, -0.1) is 0 Å². The number of anilines is 1. The van der Waals surface area contributed by atoms with Gasteiger partial charge >= 0.3 is 0 Å². The zero-order valence-corrected chi connectivity index (χ0v) is 13.9. The number of nitrogens with zero attached hydrogens (tertiary/aromatic N) is 3. The number of hydrogen-bond donors (Lipinski definition) is 1. The zero-order chi connectivity index (χ0) is 17.2. The van der Waals surface area contributed by atoms with Crippen LogP contribution in [0.15, 0.2) is 42.6 Å². The Balaban J connectivity index is 1.73. The van der Waals surface area contributed by atoms with E-state index in [0.717, 1.165) is 5.82 Å². The molecule has 0 spiro atoms. The van der Waals surface area contributed by atoms with Crippen LogP contribution in [0.4, 0.5) is 10.2 Å². The van der Waals surface area contributed by atoms with Crippen molar-refractivity contribution in [2.45, 2.75) is 19.1 Å². The molecule has 0 radical (unpaired) electrons. The van der Waals surface area contributed by atoms with E-state index in [0.29, 0.717) is 36.7 Å². The highest BCUT2D eigenvalue weighted by Crippen LogP contribution is 2.26. The van der Waals surface area contributed by atoms with Gasteiger partial charge in [-0.25, -0.2) is 9.37 Å². The van der Waals surface area contributed by atoms with Crippen molar-refractivity contribution in [1.82, 2.24) is 14.6 Å². The van der Waals surface area contributed by atoms with Crippen LogP contribution in [-0.4, -0.2) is 46.6 Å². The van der Waals surface area contributed by atoms with E-state index in [-0.39, 0.29) is 18.0 Å². The maximum absolute atomic E-state index is 14.2. The highest BCUT2D eigenvalue weighted by atomic mass is 19.1. The summed E-state index contributed by atoms with van der Waals surface area (Å²) in [6.07, 6.45) is 1.64. The molecule has 3 aromatic rings. The van der Waals surface area contributed by atoms with Gasteiger partial charge < -0.3 is 14.8 Å². The van der Waals surface area contributed by atoms with Gasteiger partial charge in [-0.1, -0.05) is 12.1 Å². The zero-order valence-electron chi connectivity index (χ0n) is 13.9. The van der Waals surface area contributed by atoms with Gasteiger partial charge in [-0.05, 0) is 19.1 Å². The third-order valence-electron chi connectivity index (χ3n) is 4.25. The van der Waals surface area contributed by atoms with Crippen LogP contribution in [0.1, 0.15) is 6.92 Å². The fourth-order valence-electron chi connectivity index (χ4n) is 3.06. The first-order chi connectivity index (χ1) is 12.3. The molecular weight excluding hydrogens is 323 g/mol. The second-order valence-corrected chi connectivity index (χ2v) is 5.89. The number of nitrogens with one attached hydrogen (secondary N) is 1. The van der Waals surface area contributed by atoms with Crippen molar-refractivity contribution in [2.24, 2.45) is 0 Å². The molecule has 6 nitrogen and oxygen atoms in total. The lowest BCUT2D eigenvalue weighted by atomic mass is 10.1. The van der Waals surface area contributed by atoms with Crippen LogP contribution in [0.3, 0.4) is 0 Å². The maximum Gasteiger partial charge on any atom is 0.157 e. The van der Waals surface area contributed by atoms with Crippen LogP contribution >= 0.6 is 0 Å². The van der Waals surface area contributed by atoms with Gasteiger partial charge in [0.25, 0.3) is 0 Å². The quantitative estimate of drug-likeness (QED) is 0.773. The summed E-state index contributed by atoms with van der Waals surface area (Å²) in [6, 6.07) is 10.2. The Morgan fingerprint density at radius 1 is 1.32 bits per heavy atom. The van der Waals surface area contributed by atoms with Crippen molar-refractivity contribution >= 4 is 11.5 Å². The first kappa shape index (κ1) is 16.0. The molecule has 0 amide bonds. The average molecular weight is 342 g/mol. The fraction of sp³-hybridized carbons (Fsp3) is 0.333. The number of rotatable bonds is 5. The van der Waals surface area contributed by atoms with Crippen molar-refractivity contribution in [3.63, 3.8) is 0 Å². The average Bonchev–Trinajstić information content (AvgIpc) is 3.25. The highest BCUT2D eigenvalue weighted by molar-refractivity contribution is 5.67. The summed E-state index contributed by atoms with van der Waals surface area (Å²) in [4.78, 5) is 4.51. The highest BCUT2D eigenvalue weighted by Gasteiger charge is 2.29. The van der Waals surface area contributed by atoms with Crippen molar-refractivity contribution < 1.29 is 13.9 Å². The molecule has 3 heterocycles. The SMILES string of the molecule is CCO[C@@H]1COC[C@H]1Nc1cc(-c2ccccc2F)nc2ccnn12. The minimum atomic E-state index is -0.304. The fourth-order valence-corrected chi connectivity index (χ4v) is 3.06.